The summed E-state index contributed by atoms with van der Waals surface area (Å²) >= 11 is 0. The molecule has 5 nitrogen and oxygen atoms in total. The van der Waals surface area contributed by atoms with Gasteiger partial charge in [-0.3, -0.25) is 0 Å². The van der Waals surface area contributed by atoms with Gasteiger partial charge in [-0.15, -0.1) is 0 Å². The number of ether oxygens (including phenoxy) is 1. The molecule has 0 aromatic rings. The molecule has 0 unspecified atom stereocenters. The van der Waals surface area contributed by atoms with Gasteiger partial charge in [0.25, 0.3) is 0 Å². The van der Waals surface area contributed by atoms with Crippen molar-refractivity contribution < 1.29 is 41.4 Å². The van der Waals surface area contributed by atoms with Crippen molar-refractivity contribution in [2.24, 2.45) is 0 Å². The molecular weight excluding hydrogens is 167 g/mol. The summed E-state index contributed by atoms with van der Waals surface area (Å²) in [4.78, 5) is 10.1. The molecule has 0 aliphatic rings. The predicted molar refractivity (Wildman–Crippen MR) is 31.3 cm³/mol. The van der Waals surface area contributed by atoms with Gasteiger partial charge in [0, 0.05) is 0 Å². The number of rotatable bonds is 2. The van der Waals surface area contributed by atoms with Crippen molar-refractivity contribution in [1.82, 2.24) is 0 Å². The molecule has 7 heteroatoms. The first kappa shape index (κ1) is 13.6. The van der Waals surface area contributed by atoms with Gasteiger partial charge in [-0.1, -0.05) is 6.92 Å². The van der Waals surface area contributed by atoms with Crippen LogP contribution in [-0.2, 0) is 14.9 Å². The minimum Gasteiger partial charge on any atom is -0.739 e. The summed E-state index contributed by atoms with van der Waals surface area (Å²) in [6.45, 7) is 1.64. The maximum Gasteiger partial charge on any atom is 1.00 e. The Balaban J connectivity index is 0. The molecule has 0 atom stereocenters. The Hall–Kier alpha value is -0.0226. The van der Waals surface area contributed by atoms with Crippen LogP contribution in [0.5, 0.6) is 0 Å². The molecule has 0 aliphatic heterocycles. The van der Waals surface area contributed by atoms with E-state index < -0.39 is 15.4 Å². The average molecular weight is 174 g/mol. The Kier molecular flexibility index (Phi) is 6.91. The third kappa shape index (κ3) is 6.38. The molecule has 0 amide bonds. The zero-order valence-electron chi connectivity index (χ0n) is 6.36. The Morgan fingerprint density at radius 3 is 2.27 bits per heavy atom. The predicted octanol–water partition coefficient (Wildman–Crippen LogP) is -2.92. The van der Waals surface area contributed by atoms with Crippen molar-refractivity contribution in [3.05, 3.63) is 0 Å². The van der Waals surface area contributed by atoms with E-state index in [2.05, 4.69) is 4.74 Å². The summed E-state index contributed by atoms with van der Waals surface area (Å²) in [5.41, 5.74) is 0. The van der Waals surface area contributed by atoms with Crippen LogP contribution in [0, 0.1) is 0 Å². The molecule has 0 heterocycles. The number of hydrogen-bond donors (Lipinski definition) is 0. The first-order valence-electron chi connectivity index (χ1n) is 2.61. The fourth-order valence-electron chi connectivity index (χ4n) is 0.258. The second kappa shape index (κ2) is 5.61. The van der Waals surface area contributed by atoms with E-state index in [-0.39, 0.29) is 25.5 Å². The molecule has 0 aromatic heterocycles. The van der Waals surface area contributed by atoms with Crippen molar-refractivity contribution in [3.8, 4) is 0 Å². The van der Waals surface area contributed by atoms with Gasteiger partial charge in [-0.25, -0.2) is 13.2 Å². The molecule has 60 valence electrons. The third-order valence-electron chi connectivity index (χ3n) is 0.628. The zero-order valence-corrected chi connectivity index (χ0v) is 7.18. The summed E-state index contributed by atoms with van der Waals surface area (Å²) in [5.74, 6) is 0. The Bertz CT molecular complexity index is 209. The van der Waals surface area contributed by atoms with Crippen molar-refractivity contribution in [1.29, 1.82) is 0 Å². The average Bonchev–Trinajstić information content (AvgIpc) is 1.80. The number of carbonyl (C=O) groups is 1. The van der Waals surface area contributed by atoms with Crippen LogP contribution in [0.25, 0.3) is 0 Å². The van der Waals surface area contributed by atoms with Gasteiger partial charge in [0.15, 0.2) is 10.1 Å². The summed E-state index contributed by atoms with van der Waals surface area (Å²) < 4.78 is 33.4. The fourth-order valence-corrected chi connectivity index (χ4v) is 0.485. The minimum absolute atomic E-state index is 0. The molecule has 0 aliphatic carbocycles. The van der Waals surface area contributed by atoms with E-state index in [1.807, 2.05) is 0 Å². The second-order valence-electron chi connectivity index (χ2n) is 1.55. The molecule has 0 radical (unpaired) electrons. The second-order valence-corrected chi connectivity index (χ2v) is 2.79. The monoisotopic (exact) mass is 174 g/mol. The van der Waals surface area contributed by atoms with Crippen LogP contribution in [0.4, 0.5) is 4.79 Å². The van der Waals surface area contributed by atoms with E-state index in [4.69, 9.17) is 0 Å². The van der Waals surface area contributed by atoms with Crippen molar-refractivity contribution in [2.45, 2.75) is 13.3 Å². The molecule has 0 saturated carbocycles. The van der Waals surface area contributed by atoms with Gasteiger partial charge in [0.2, 0.25) is 0 Å². The van der Waals surface area contributed by atoms with Crippen LogP contribution in [0.2, 0.25) is 0 Å². The van der Waals surface area contributed by atoms with Gasteiger partial charge in [-0.2, -0.15) is 0 Å². The summed E-state index contributed by atoms with van der Waals surface area (Å²) in [5, 5.41) is -1.70. The van der Waals surface area contributed by atoms with Crippen molar-refractivity contribution >= 4 is 15.4 Å². The van der Waals surface area contributed by atoms with E-state index in [0.29, 0.717) is 6.42 Å². The van der Waals surface area contributed by atoms with E-state index >= 15 is 0 Å². The van der Waals surface area contributed by atoms with Gasteiger partial charge in [0.1, 0.15) is 0 Å². The minimum atomic E-state index is -4.89. The Labute approximate surface area is 77.0 Å². The first-order chi connectivity index (χ1) is 4.48. The van der Waals surface area contributed by atoms with Gasteiger partial charge >= 0.3 is 24.2 Å². The molecule has 0 N–H and O–H groups in total. The maximum absolute atomic E-state index is 10.1. The van der Waals surface area contributed by atoms with Crippen LogP contribution >= 0.6 is 0 Å². The Morgan fingerprint density at radius 2 is 2.00 bits per heavy atom. The third-order valence-corrected chi connectivity index (χ3v) is 1.15. The standard InChI is InChI=1S/C4H8O5S.Li/c1-2-3-9-4(5)10(6,7)8;/h2-3H2,1H3,(H,6,7,8);/q;+1/p-1. The molecule has 11 heavy (non-hydrogen) atoms. The van der Waals surface area contributed by atoms with Gasteiger partial charge in [-0.05, 0) is 6.42 Å². The number of carbonyl (C=O) groups excluding carboxylic acids is 1. The van der Waals surface area contributed by atoms with Crippen molar-refractivity contribution in [2.75, 3.05) is 6.61 Å². The van der Waals surface area contributed by atoms with E-state index in [9.17, 15) is 17.8 Å². The quantitative estimate of drug-likeness (QED) is 0.254. The molecule has 0 fully saturated rings. The molecule has 0 aromatic carbocycles. The Morgan fingerprint density at radius 1 is 1.55 bits per heavy atom. The first-order valence-corrected chi connectivity index (χ1v) is 4.02. The molecule has 0 spiro atoms. The SMILES string of the molecule is CCCOC(=O)S(=O)(=O)[O-].[Li+]. The van der Waals surface area contributed by atoms with Gasteiger partial charge in [0.05, 0.1) is 6.61 Å². The zero-order chi connectivity index (χ0) is 8.20. The largest absolute Gasteiger partial charge is 1.00 e. The van der Waals surface area contributed by atoms with E-state index in [1.54, 1.807) is 6.92 Å². The normalized spacial score (nSPS) is 10.0. The van der Waals surface area contributed by atoms with E-state index in [0.717, 1.165) is 0 Å². The summed E-state index contributed by atoms with van der Waals surface area (Å²) in [6, 6.07) is 0. The van der Waals surface area contributed by atoms with Crippen LogP contribution in [0.15, 0.2) is 0 Å². The number of hydrogen-bond acceptors (Lipinski definition) is 5. The molecule has 0 rings (SSSR count). The summed E-state index contributed by atoms with van der Waals surface area (Å²) in [6.07, 6.45) is 0.487. The van der Waals surface area contributed by atoms with Gasteiger partial charge < -0.3 is 9.29 Å². The van der Waals surface area contributed by atoms with E-state index in [1.165, 1.54) is 0 Å². The molecular formula is C4H7LiO5S. The topological polar surface area (TPSA) is 83.5 Å². The fraction of sp³-hybridized carbons (Fsp3) is 0.750. The molecule has 0 saturated heterocycles. The molecule has 0 bridgehead atoms. The van der Waals surface area contributed by atoms with Crippen LogP contribution in [0.3, 0.4) is 0 Å². The smallest absolute Gasteiger partial charge is 0.739 e. The van der Waals surface area contributed by atoms with Crippen LogP contribution in [0.1, 0.15) is 13.3 Å². The summed E-state index contributed by atoms with van der Waals surface area (Å²) in [7, 11) is -4.89. The maximum atomic E-state index is 10.1. The van der Waals surface area contributed by atoms with Crippen molar-refractivity contribution in [3.63, 3.8) is 0 Å². The van der Waals surface area contributed by atoms with Crippen LogP contribution in [-0.4, -0.2) is 24.9 Å². The van der Waals surface area contributed by atoms with Crippen LogP contribution < -0.4 is 18.9 Å².